The summed E-state index contributed by atoms with van der Waals surface area (Å²) < 4.78 is 28.6. The van der Waals surface area contributed by atoms with E-state index >= 15 is 0 Å². The van der Waals surface area contributed by atoms with E-state index in [2.05, 4.69) is 10.3 Å². The van der Waals surface area contributed by atoms with Gasteiger partial charge in [0.2, 0.25) is 0 Å². The number of imidazole rings is 1. The van der Waals surface area contributed by atoms with Gasteiger partial charge in [-0.2, -0.15) is 0 Å². The number of hydrogen-bond acceptors (Lipinski definition) is 3. The maximum Gasteiger partial charge on any atom is 0.355 e. The van der Waals surface area contributed by atoms with Gasteiger partial charge in [-0.3, -0.25) is 4.40 Å². The van der Waals surface area contributed by atoms with Crippen LogP contribution in [0.15, 0.2) is 42.7 Å². The highest BCUT2D eigenvalue weighted by atomic mass is 19.1. The molecule has 22 heavy (non-hydrogen) atoms. The van der Waals surface area contributed by atoms with Crippen molar-refractivity contribution in [3.05, 3.63) is 65.6 Å². The Morgan fingerprint density at radius 3 is 2.64 bits per heavy atom. The van der Waals surface area contributed by atoms with E-state index in [1.54, 1.807) is 6.07 Å². The van der Waals surface area contributed by atoms with Crippen LogP contribution in [0.3, 0.4) is 0 Å². The van der Waals surface area contributed by atoms with Crippen LogP contribution in [0.1, 0.15) is 16.1 Å². The minimum Gasteiger partial charge on any atom is -0.476 e. The van der Waals surface area contributed by atoms with Gasteiger partial charge in [-0.05, 0) is 24.3 Å². The van der Waals surface area contributed by atoms with Gasteiger partial charge in [-0.1, -0.05) is 6.07 Å². The van der Waals surface area contributed by atoms with E-state index in [4.69, 9.17) is 0 Å². The standard InChI is InChI=1S/C15H11F2N3O2/c16-10-2-1-3-11(17)9(10)8-19-12-4-5-13-18-6-7-20(13)14(12)15(21)22/h1-7,19H,8H2,(H,21,22). The van der Waals surface area contributed by atoms with E-state index in [1.807, 2.05) is 0 Å². The lowest BCUT2D eigenvalue weighted by molar-refractivity contribution is 0.0690. The maximum atomic E-state index is 13.6. The molecule has 7 heteroatoms. The van der Waals surface area contributed by atoms with Crippen molar-refractivity contribution in [2.75, 3.05) is 5.32 Å². The molecular formula is C15H11F2N3O2. The first-order chi connectivity index (χ1) is 10.6. The summed E-state index contributed by atoms with van der Waals surface area (Å²) in [7, 11) is 0. The molecule has 112 valence electrons. The number of hydrogen-bond donors (Lipinski definition) is 2. The average molecular weight is 303 g/mol. The third kappa shape index (κ3) is 2.37. The third-order valence-electron chi connectivity index (χ3n) is 3.28. The predicted octanol–water partition coefficient (Wildman–Crippen LogP) is 2.92. The quantitative estimate of drug-likeness (QED) is 0.777. The Morgan fingerprint density at radius 1 is 1.23 bits per heavy atom. The van der Waals surface area contributed by atoms with Crippen molar-refractivity contribution in [2.24, 2.45) is 0 Å². The third-order valence-corrected chi connectivity index (χ3v) is 3.28. The number of rotatable bonds is 4. The number of carboxylic acids is 1. The number of aromatic carboxylic acids is 1. The molecule has 0 spiro atoms. The smallest absolute Gasteiger partial charge is 0.355 e. The summed E-state index contributed by atoms with van der Waals surface area (Å²) >= 11 is 0. The van der Waals surface area contributed by atoms with Crippen LogP contribution >= 0.6 is 0 Å². The lowest BCUT2D eigenvalue weighted by Gasteiger charge is -2.12. The van der Waals surface area contributed by atoms with E-state index in [0.29, 0.717) is 5.65 Å². The molecule has 3 aromatic rings. The summed E-state index contributed by atoms with van der Waals surface area (Å²) in [5, 5.41) is 12.1. The lowest BCUT2D eigenvalue weighted by atomic mass is 10.2. The van der Waals surface area contributed by atoms with Gasteiger partial charge in [0.1, 0.15) is 17.3 Å². The Morgan fingerprint density at radius 2 is 1.95 bits per heavy atom. The summed E-state index contributed by atoms with van der Waals surface area (Å²) in [6.07, 6.45) is 2.98. The number of benzene rings is 1. The van der Waals surface area contributed by atoms with Crippen molar-refractivity contribution in [1.29, 1.82) is 0 Å². The minimum atomic E-state index is -1.17. The molecule has 0 aliphatic heterocycles. The maximum absolute atomic E-state index is 13.6. The van der Waals surface area contributed by atoms with Crippen molar-refractivity contribution in [3.63, 3.8) is 0 Å². The molecule has 2 heterocycles. The number of pyridine rings is 1. The molecular weight excluding hydrogens is 292 g/mol. The summed E-state index contributed by atoms with van der Waals surface area (Å²) in [6, 6.07) is 6.71. The van der Waals surface area contributed by atoms with Gasteiger partial charge < -0.3 is 10.4 Å². The lowest BCUT2D eigenvalue weighted by Crippen LogP contribution is -2.12. The highest BCUT2D eigenvalue weighted by Crippen LogP contribution is 2.20. The van der Waals surface area contributed by atoms with E-state index in [9.17, 15) is 18.7 Å². The number of carboxylic acid groups (broad SMARTS) is 1. The Kier molecular flexibility index (Phi) is 3.46. The topological polar surface area (TPSA) is 66.6 Å². The first kappa shape index (κ1) is 14.0. The van der Waals surface area contributed by atoms with Crippen LogP contribution in [0.25, 0.3) is 5.65 Å². The van der Waals surface area contributed by atoms with Crippen LogP contribution in [0.2, 0.25) is 0 Å². The van der Waals surface area contributed by atoms with E-state index in [0.717, 1.165) is 12.1 Å². The predicted molar refractivity (Wildman–Crippen MR) is 75.8 cm³/mol. The second-order valence-corrected chi connectivity index (χ2v) is 4.61. The average Bonchev–Trinajstić information content (AvgIpc) is 2.94. The Labute approximate surface area is 123 Å². The van der Waals surface area contributed by atoms with Gasteiger partial charge in [-0.15, -0.1) is 0 Å². The number of nitrogens with one attached hydrogen (secondary N) is 1. The molecule has 3 rings (SSSR count). The molecule has 0 aliphatic carbocycles. The molecule has 0 saturated heterocycles. The molecule has 0 unspecified atom stereocenters. The SMILES string of the molecule is O=C(O)c1c(NCc2c(F)cccc2F)ccc2nccn12. The molecule has 2 aromatic heterocycles. The molecule has 1 aromatic carbocycles. The fourth-order valence-corrected chi connectivity index (χ4v) is 2.24. The van der Waals surface area contributed by atoms with Crippen LogP contribution in [0.5, 0.6) is 0 Å². The zero-order chi connectivity index (χ0) is 15.7. The fourth-order valence-electron chi connectivity index (χ4n) is 2.24. The largest absolute Gasteiger partial charge is 0.476 e. The van der Waals surface area contributed by atoms with Gasteiger partial charge in [0.25, 0.3) is 0 Å². The Bertz CT molecular complexity index is 841. The molecule has 0 amide bonds. The monoisotopic (exact) mass is 303 g/mol. The van der Waals surface area contributed by atoms with Crippen LogP contribution < -0.4 is 5.32 Å². The van der Waals surface area contributed by atoms with Gasteiger partial charge in [0.15, 0.2) is 5.69 Å². The highest BCUT2D eigenvalue weighted by molar-refractivity contribution is 5.93. The Hall–Kier alpha value is -2.96. The minimum absolute atomic E-state index is 0.0493. The van der Waals surface area contributed by atoms with Crippen LogP contribution in [0.4, 0.5) is 14.5 Å². The molecule has 0 fully saturated rings. The van der Waals surface area contributed by atoms with Crippen molar-refractivity contribution < 1.29 is 18.7 Å². The molecule has 2 N–H and O–H groups in total. The summed E-state index contributed by atoms with van der Waals surface area (Å²) in [5.74, 6) is -2.54. The number of anilines is 1. The second-order valence-electron chi connectivity index (χ2n) is 4.61. The van der Waals surface area contributed by atoms with E-state index in [-0.39, 0.29) is 23.5 Å². The normalized spacial score (nSPS) is 10.8. The molecule has 0 bridgehead atoms. The van der Waals surface area contributed by atoms with Crippen LogP contribution in [-0.2, 0) is 6.54 Å². The van der Waals surface area contributed by atoms with Crippen molar-refractivity contribution >= 4 is 17.3 Å². The van der Waals surface area contributed by atoms with E-state index in [1.165, 1.54) is 28.9 Å². The number of fused-ring (bicyclic) bond motifs is 1. The molecule has 0 saturated carbocycles. The first-order valence-electron chi connectivity index (χ1n) is 6.44. The molecule has 0 aliphatic rings. The number of halogens is 2. The number of carbonyl (C=O) groups is 1. The molecule has 0 atom stereocenters. The van der Waals surface area contributed by atoms with Gasteiger partial charge in [0.05, 0.1) is 5.69 Å². The van der Waals surface area contributed by atoms with Gasteiger partial charge >= 0.3 is 5.97 Å². The summed E-state index contributed by atoms with van der Waals surface area (Å²) in [4.78, 5) is 15.4. The van der Waals surface area contributed by atoms with Crippen LogP contribution in [0, 0.1) is 11.6 Å². The molecule has 0 radical (unpaired) electrons. The number of aromatic nitrogens is 2. The van der Waals surface area contributed by atoms with Crippen molar-refractivity contribution in [2.45, 2.75) is 6.54 Å². The Balaban J connectivity index is 1.97. The van der Waals surface area contributed by atoms with Crippen molar-refractivity contribution in [1.82, 2.24) is 9.38 Å². The highest BCUT2D eigenvalue weighted by Gasteiger charge is 2.16. The zero-order valence-electron chi connectivity index (χ0n) is 11.3. The van der Waals surface area contributed by atoms with Gasteiger partial charge in [0, 0.05) is 24.5 Å². The van der Waals surface area contributed by atoms with Crippen molar-refractivity contribution in [3.8, 4) is 0 Å². The van der Waals surface area contributed by atoms with Crippen LogP contribution in [-0.4, -0.2) is 20.5 Å². The summed E-state index contributed by atoms with van der Waals surface area (Å²) in [6.45, 7) is -0.168. The first-order valence-corrected chi connectivity index (χ1v) is 6.44. The zero-order valence-corrected chi connectivity index (χ0v) is 11.3. The molecule has 5 nitrogen and oxygen atoms in total. The van der Waals surface area contributed by atoms with Gasteiger partial charge in [-0.25, -0.2) is 18.6 Å². The second kappa shape index (κ2) is 5.44. The number of nitrogens with zero attached hydrogens (tertiary/aromatic N) is 2. The summed E-state index contributed by atoms with van der Waals surface area (Å²) in [5.41, 5.74) is 0.525. The fraction of sp³-hybridized carbons (Fsp3) is 0.0667. The van der Waals surface area contributed by atoms with E-state index < -0.39 is 17.6 Å².